The minimum absolute atomic E-state index is 0.673. The summed E-state index contributed by atoms with van der Waals surface area (Å²) in [6.07, 6.45) is 0. The molecule has 0 unspecified atom stereocenters. The van der Waals surface area contributed by atoms with Gasteiger partial charge in [0.2, 0.25) is 0 Å². The van der Waals surface area contributed by atoms with E-state index in [1.54, 1.807) is 7.11 Å². The SMILES string of the molecule is CCOCC[N+](C)(C)CCOCCOC.F[B-](F)(F)F. The Morgan fingerprint density at radius 3 is 1.70 bits per heavy atom. The van der Waals surface area contributed by atoms with E-state index in [4.69, 9.17) is 14.2 Å². The topological polar surface area (TPSA) is 27.7 Å². The predicted molar refractivity (Wildman–Crippen MR) is 71.2 cm³/mol. The van der Waals surface area contributed by atoms with Crippen LogP contribution in [0.5, 0.6) is 0 Å². The first kappa shape index (κ1) is 21.9. The van der Waals surface area contributed by atoms with E-state index in [-0.39, 0.29) is 0 Å². The van der Waals surface area contributed by atoms with Crippen LogP contribution < -0.4 is 0 Å². The standard InChI is InChI=1S/C11H26NO3.BF4/c1-5-14-8-6-12(2,3)7-9-15-11-10-13-4;2-1(3,4)5/h5-11H2,1-4H3;/q+1;-1. The Morgan fingerprint density at radius 1 is 0.850 bits per heavy atom. The van der Waals surface area contributed by atoms with Crippen molar-refractivity contribution in [3.63, 3.8) is 0 Å². The lowest BCUT2D eigenvalue weighted by molar-refractivity contribution is -0.891. The number of hydrogen-bond donors (Lipinski definition) is 0. The fourth-order valence-electron chi connectivity index (χ4n) is 1.12. The zero-order valence-electron chi connectivity index (χ0n) is 12.7. The maximum atomic E-state index is 9.75. The van der Waals surface area contributed by atoms with Crippen molar-refractivity contribution < 1.29 is 36.0 Å². The van der Waals surface area contributed by atoms with Gasteiger partial charge < -0.3 is 36.0 Å². The van der Waals surface area contributed by atoms with Crippen molar-refractivity contribution in [2.45, 2.75) is 6.92 Å². The van der Waals surface area contributed by atoms with Crippen LogP contribution in [0.1, 0.15) is 6.92 Å². The van der Waals surface area contributed by atoms with Crippen molar-refractivity contribution in [3.05, 3.63) is 0 Å². The summed E-state index contributed by atoms with van der Waals surface area (Å²) in [5, 5.41) is 0. The highest BCUT2D eigenvalue weighted by Gasteiger charge is 2.20. The van der Waals surface area contributed by atoms with Crippen LogP contribution in [0.25, 0.3) is 0 Å². The van der Waals surface area contributed by atoms with Gasteiger partial charge in [0.15, 0.2) is 0 Å². The van der Waals surface area contributed by atoms with Crippen LogP contribution in [0.2, 0.25) is 0 Å². The lowest BCUT2D eigenvalue weighted by Gasteiger charge is -2.29. The van der Waals surface area contributed by atoms with Gasteiger partial charge in [-0.3, -0.25) is 0 Å². The number of rotatable bonds is 10. The average Bonchev–Trinajstić information content (AvgIpc) is 2.26. The van der Waals surface area contributed by atoms with Crippen LogP contribution in [-0.2, 0) is 14.2 Å². The van der Waals surface area contributed by atoms with Gasteiger partial charge in [0, 0.05) is 13.7 Å². The molecule has 0 rings (SSSR count). The van der Waals surface area contributed by atoms with E-state index in [1.165, 1.54) is 0 Å². The molecule has 124 valence electrons. The summed E-state index contributed by atoms with van der Waals surface area (Å²) in [7, 11) is 0.0723. The van der Waals surface area contributed by atoms with Crippen molar-refractivity contribution in [2.75, 3.05) is 67.3 Å². The normalized spacial score (nSPS) is 12.0. The number of ether oxygens (including phenoxy) is 3. The Hall–Kier alpha value is -0.375. The highest BCUT2D eigenvalue weighted by molar-refractivity contribution is 6.50. The fraction of sp³-hybridized carbons (Fsp3) is 1.00. The van der Waals surface area contributed by atoms with Gasteiger partial charge in [0.25, 0.3) is 0 Å². The lowest BCUT2D eigenvalue weighted by atomic mass is 10.3. The molecule has 0 aliphatic heterocycles. The third-order valence-corrected chi connectivity index (χ3v) is 2.32. The van der Waals surface area contributed by atoms with Gasteiger partial charge in [0.05, 0.1) is 40.5 Å². The Balaban J connectivity index is 0. The molecule has 0 saturated carbocycles. The molecule has 0 heterocycles. The molecule has 0 aliphatic rings. The molecule has 0 N–H and O–H groups in total. The van der Waals surface area contributed by atoms with E-state index < -0.39 is 7.25 Å². The number of halogens is 4. The van der Waals surface area contributed by atoms with E-state index in [0.29, 0.717) is 13.2 Å². The van der Waals surface area contributed by atoms with E-state index in [0.717, 1.165) is 37.4 Å². The summed E-state index contributed by atoms with van der Waals surface area (Å²) in [5.74, 6) is 0. The number of quaternary nitrogens is 1. The minimum Gasteiger partial charge on any atom is -0.418 e. The van der Waals surface area contributed by atoms with E-state index >= 15 is 0 Å². The van der Waals surface area contributed by atoms with E-state index in [2.05, 4.69) is 14.1 Å². The number of nitrogens with zero attached hydrogens (tertiary/aromatic N) is 1. The Labute approximate surface area is 118 Å². The zero-order chi connectivity index (χ0) is 16.1. The summed E-state index contributed by atoms with van der Waals surface area (Å²) in [5.41, 5.74) is 0. The predicted octanol–water partition coefficient (Wildman–Crippen LogP) is 2.06. The van der Waals surface area contributed by atoms with Crippen molar-refractivity contribution in [3.8, 4) is 0 Å². The van der Waals surface area contributed by atoms with Crippen LogP contribution in [0.4, 0.5) is 17.3 Å². The minimum atomic E-state index is -6.00. The van der Waals surface area contributed by atoms with Gasteiger partial charge in [0.1, 0.15) is 13.1 Å². The van der Waals surface area contributed by atoms with Crippen LogP contribution in [0.15, 0.2) is 0 Å². The van der Waals surface area contributed by atoms with Gasteiger partial charge >= 0.3 is 7.25 Å². The summed E-state index contributed by atoms with van der Waals surface area (Å²) < 4.78 is 55.6. The Morgan fingerprint density at radius 2 is 1.30 bits per heavy atom. The molecule has 0 spiro atoms. The first-order valence-corrected chi connectivity index (χ1v) is 6.46. The molecule has 0 saturated heterocycles. The van der Waals surface area contributed by atoms with Gasteiger partial charge in [-0.2, -0.15) is 0 Å². The molecule has 0 amide bonds. The first-order chi connectivity index (χ1) is 9.12. The molecule has 0 aromatic heterocycles. The number of likely N-dealkylation sites (N-methyl/N-ethyl adjacent to an activating group) is 1. The molecular weight excluding hydrogens is 281 g/mol. The fourth-order valence-corrected chi connectivity index (χ4v) is 1.12. The molecule has 4 nitrogen and oxygen atoms in total. The zero-order valence-corrected chi connectivity index (χ0v) is 12.7. The molecule has 0 atom stereocenters. The van der Waals surface area contributed by atoms with E-state index in [9.17, 15) is 17.3 Å². The van der Waals surface area contributed by atoms with Crippen LogP contribution in [0.3, 0.4) is 0 Å². The molecule has 0 fully saturated rings. The van der Waals surface area contributed by atoms with Gasteiger partial charge in [-0.05, 0) is 6.92 Å². The average molecular weight is 307 g/mol. The third kappa shape index (κ3) is 26.2. The lowest BCUT2D eigenvalue weighted by Crippen LogP contribution is -2.44. The molecule has 0 aromatic rings. The summed E-state index contributed by atoms with van der Waals surface area (Å²) in [6, 6.07) is 0. The second-order valence-electron chi connectivity index (χ2n) is 4.68. The summed E-state index contributed by atoms with van der Waals surface area (Å²) in [6.45, 7) is 7.81. The van der Waals surface area contributed by atoms with Crippen molar-refractivity contribution in [1.82, 2.24) is 0 Å². The highest BCUT2D eigenvalue weighted by Crippen LogP contribution is 2.06. The smallest absolute Gasteiger partial charge is 0.418 e. The van der Waals surface area contributed by atoms with Crippen molar-refractivity contribution in [1.29, 1.82) is 0 Å². The molecule has 20 heavy (non-hydrogen) atoms. The molecule has 0 aromatic carbocycles. The Kier molecular flexibility index (Phi) is 13.6. The van der Waals surface area contributed by atoms with Crippen LogP contribution in [-0.4, -0.2) is 79.1 Å². The molecule has 0 radical (unpaired) electrons. The summed E-state index contributed by atoms with van der Waals surface area (Å²) in [4.78, 5) is 0. The van der Waals surface area contributed by atoms with Crippen molar-refractivity contribution >= 4 is 7.25 Å². The summed E-state index contributed by atoms with van der Waals surface area (Å²) >= 11 is 0. The molecule has 0 aliphatic carbocycles. The third-order valence-electron chi connectivity index (χ3n) is 2.32. The maximum absolute atomic E-state index is 9.75. The van der Waals surface area contributed by atoms with Crippen LogP contribution in [0, 0.1) is 0 Å². The second-order valence-corrected chi connectivity index (χ2v) is 4.68. The van der Waals surface area contributed by atoms with Gasteiger partial charge in [-0.25, -0.2) is 0 Å². The number of hydrogen-bond acceptors (Lipinski definition) is 3. The Bertz CT molecular complexity index is 212. The maximum Gasteiger partial charge on any atom is 0.673 e. The van der Waals surface area contributed by atoms with Gasteiger partial charge in [-0.15, -0.1) is 0 Å². The van der Waals surface area contributed by atoms with Crippen LogP contribution >= 0.6 is 0 Å². The molecular formula is C11H26BF4NO3. The second kappa shape index (κ2) is 12.4. The highest BCUT2D eigenvalue weighted by atomic mass is 19.5. The van der Waals surface area contributed by atoms with Crippen molar-refractivity contribution in [2.24, 2.45) is 0 Å². The first-order valence-electron chi connectivity index (χ1n) is 6.46. The molecule has 9 heteroatoms. The van der Waals surface area contributed by atoms with Gasteiger partial charge in [-0.1, -0.05) is 0 Å². The number of methoxy groups -OCH3 is 1. The van der Waals surface area contributed by atoms with E-state index in [1.807, 2.05) is 6.92 Å². The largest absolute Gasteiger partial charge is 0.673 e. The quantitative estimate of drug-likeness (QED) is 0.268. The molecule has 0 bridgehead atoms. The monoisotopic (exact) mass is 307 g/mol.